The molecule has 0 saturated carbocycles. The van der Waals surface area contributed by atoms with Crippen LogP contribution in [-0.2, 0) is 23.2 Å². The third kappa shape index (κ3) is 9.60. The van der Waals surface area contributed by atoms with E-state index in [1.54, 1.807) is 11.8 Å². The SMILES string of the molecule is CCC(CCN(C)C)C(=O)N1CCN(C(=O)c2ccc(NC(=O)c3ncc(-c4ccc(-c5cn(CC(=O)Nc6ccc(F)nn6)nc5C)c(F)c4F)n3C)cc2Cl)CC1. The van der Waals surface area contributed by atoms with Crippen molar-refractivity contribution in [3.05, 3.63) is 94.5 Å². The molecule has 0 spiro atoms. The van der Waals surface area contributed by atoms with Gasteiger partial charge in [-0.1, -0.05) is 24.6 Å². The van der Waals surface area contributed by atoms with Crippen LogP contribution in [0.1, 0.15) is 46.4 Å². The van der Waals surface area contributed by atoms with E-state index in [0.717, 1.165) is 25.5 Å². The number of aromatic nitrogens is 6. The fraction of sp³-hybridized carbons (Fsp3) is 0.350. The molecule has 0 bridgehead atoms. The highest BCUT2D eigenvalue weighted by molar-refractivity contribution is 6.34. The van der Waals surface area contributed by atoms with E-state index < -0.39 is 29.4 Å². The van der Waals surface area contributed by atoms with Gasteiger partial charge in [0, 0.05) is 67.7 Å². The number of piperazine rings is 1. The third-order valence-corrected chi connectivity index (χ3v) is 10.4. The molecule has 4 amide bonds. The standard InChI is InChI=1S/C40H43ClF3N11O4/c1-6-24(13-14-51(3)4)39(58)53-15-17-54(18-16-53)40(59)27-8-7-25(19-30(27)41)46-38(57)37-45-20-31(52(37)5)28-10-9-26(35(43)36(28)44)29-21-55(50-23(29)2)22-34(56)47-33-12-11-32(42)48-49-33/h7-12,19-21,24H,6,13-18,22H2,1-5H3,(H,46,57)(H,47,49,56). The lowest BCUT2D eigenvalue weighted by Crippen LogP contribution is -2.52. The Morgan fingerprint density at radius 1 is 0.898 bits per heavy atom. The molecule has 1 fully saturated rings. The van der Waals surface area contributed by atoms with Gasteiger partial charge in [0.2, 0.25) is 17.8 Å². The second-order valence-corrected chi connectivity index (χ2v) is 14.8. The first-order valence-electron chi connectivity index (χ1n) is 18.8. The summed E-state index contributed by atoms with van der Waals surface area (Å²) in [5.74, 6) is -4.73. The Labute approximate surface area is 343 Å². The largest absolute Gasteiger partial charge is 0.339 e. The molecule has 19 heteroatoms. The molecule has 5 aromatic rings. The highest BCUT2D eigenvalue weighted by Crippen LogP contribution is 2.33. The van der Waals surface area contributed by atoms with Crippen LogP contribution >= 0.6 is 11.6 Å². The summed E-state index contributed by atoms with van der Waals surface area (Å²) in [6, 6.07) is 9.47. The third-order valence-electron chi connectivity index (χ3n) is 10.1. The molecule has 3 aromatic heterocycles. The van der Waals surface area contributed by atoms with E-state index >= 15 is 8.78 Å². The smallest absolute Gasteiger partial charge is 0.291 e. The summed E-state index contributed by atoms with van der Waals surface area (Å²) >= 11 is 6.54. The molecule has 1 aliphatic rings. The van der Waals surface area contributed by atoms with Crippen molar-refractivity contribution in [2.75, 3.05) is 57.5 Å². The van der Waals surface area contributed by atoms with Crippen LogP contribution in [0.4, 0.5) is 24.7 Å². The Balaban J connectivity index is 1.08. The van der Waals surface area contributed by atoms with Crippen LogP contribution in [0, 0.1) is 30.4 Å². The Hall–Kier alpha value is -6.14. The molecule has 4 heterocycles. The number of imidazole rings is 1. The fourth-order valence-electron chi connectivity index (χ4n) is 6.83. The number of hydrogen-bond donors (Lipinski definition) is 2. The van der Waals surface area contributed by atoms with Gasteiger partial charge in [-0.15, -0.1) is 10.2 Å². The highest BCUT2D eigenvalue weighted by Gasteiger charge is 2.30. The lowest BCUT2D eigenvalue weighted by Gasteiger charge is -2.36. The average molecular weight is 834 g/mol. The van der Waals surface area contributed by atoms with Gasteiger partial charge in [-0.2, -0.15) is 9.49 Å². The molecule has 2 aromatic carbocycles. The summed E-state index contributed by atoms with van der Waals surface area (Å²) in [7, 11) is 5.44. The molecule has 0 aliphatic carbocycles. The molecule has 1 saturated heterocycles. The molecular weight excluding hydrogens is 791 g/mol. The van der Waals surface area contributed by atoms with E-state index in [-0.39, 0.29) is 74.6 Å². The van der Waals surface area contributed by atoms with Gasteiger partial charge < -0.3 is 29.9 Å². The second-order valence-electron chi connectivity index (χ2n) is 14.4. The predicted octanol–water partition coefficient (Wildman–Crippen LogP) is 5.27. The minimum Gasteiger partial charge on any atom is -0.339 e. The molecule has 1 unspecified atom stereocenters. The van der Waals surface area contributed by atoms with Gasteiger partial charge in [0.15, 0.2) is 23.3 Å². The first kappa shape index (κ1) is 42.5. The number of amides is 4. The summed E-state index contributed by atoms with van der Waals surface area (Å²) in [6.07, 6.45) is 4.16. The monoisotopic (exact) mass is 833 g/mol. The number of carbonyl (C=O) groups excluding carboxylic acids is 4. The zero-order valence-corrected chi connectivity index (χ0v) is 33.9. The van der Waals surface area contributed by atoms with Crippen LogP contribution in [-0.4, -0.2) is 115 Å². The van der Waals surface area contributed by atoms with Crippen LogP contribution in [0.3, 0.4) is 0 Å². The normalized spacial score (nSPS) is 13.5. The first-order chi connectivity index (χ1) is 28.1. The molecule has 0 radical (unpaired) electrons. The molecule has 6 rings (SSSR count). The molecule has 59 heavy (non-hydrogen) atoms. The maximum atomic E-state index is 15.7. The summed E-state index contributed by atoms with van der Waals surface area (Å²) in [5.41, 5.74) is 0.940. The summed E-state index contributed by atoms with van der Waals surface area (Å²) < 4.78 is 47.0. The van der Waals surface area contributed by atoms with Gasteiger partial charge in [0.1, 0.15) is 6.54 Å². The van der Waals surface area contributed by atoms with Gasteiger partial charge in [-0.25, -0.2) is 13.8 Å². The predicted molar refractivity (Wildman–Crippen MR) is 214 cm³/mol. The van der Waals surface area contributed by atoms with Gasteiger partial charge >= 0.3 is 0 Å². The van der Waals surface area contributed by atoms with Crippen LogP contribution in [0.5, 0.6) is 0 Å². The number of nitrogens with zero attached hydrogens (tertiary/aromatic N) is 9. The zero-order chi connectivity index (χ0) is 42.5. The first-order valence-corrected chi connectivity index (χ1v) is 19.2. The van der Waals surface area contributed by atoms with E-state index in [1.165, 1.54) is 65.1 Å². The Bertz CT molecular complexity index is 2380. The lowest BCUT2D eigenvalue weighted by molar-refractivity contribution is -0.137. The summed E-state index contributed by atoms with van der Waals surface area (Å²) in [5, 5.41) is 16.3. The molecule has 310 valence electrons. The summed E-state index contributed by atoms with van der Waals surface area (Å²) in [4.78, 5) is 62.0. The van der Waals surface area contributed by atoms with Gasteiger partial charge in [-0.3, -0.25) is 23.9 Å². The molecule has 15 nitrogen and oxygen atoms in total. The van der Waals surface area contributed by atoms with Crippen molar-refractivity contribution in [3.8, 4) is 22.4 Å². The number of aryl methyl sites for hydroxylation is 1. The average Bonchev–Trinajstić information content (AvgIpc) is 3.77. The van der Waals surface area contributed by atoms with E-state index in [4.69, 9.17) is 11.6 Å². The van der Waals surface area contributed by atoms with Crippen LogP contribution in [0.2, 0.25) is 5.02 Å². The van der Waals surface area contributed by atoms with Crippen molar-refractivity contribution >= 4 is 46.7 Å². The molecule has 1 aliphatic heterocycles. The quantitative estimate of drug-likeness (QED) is 0.161. The number of halogens is 4. The van der Waals surface area contributed by atoms with Crippen molar-refractivity contribution in [1.29, 1.82) is 0 Å². The van der Waals surface area contributed by atoms with E-state index in [9.17, 15) is 23.6 Å². The van der Waals surface area contributed by atoms with Crippen LogP contribution in [0.15, 0.2) is 54.9 Å². The van der Waals surface area contributed by atoms with Gasteiger partial charge in [0.05, 0.1) is 28.2 Å². The number of rotatable bonds is 13. The van der Waals surface area contributed by atoms with Crippen molar-refractivity contribution in [2.45, 2.75) is 33.2 Å². The maximum absolute atomic E-state index is 15.7. The number of nitrogens with one attached hydrogen (secondary N) is 2. The Kier molecular flexibility index (Phi) is 13.1. The number of hydrogen-bond acceptors (Lipinski definition) is 9. The van der Waals surface area contributed by atoms with E-state index in [0.29, 0.717) is 31.9 Å². The molecule has 1 atom stereocenters. The Morgan fingerprint density at radius 3 is 2.25 bits per heavy atom. The van der Waals surface area contributed by atoms with Crippen molar-refractivity contribution < 1.29 is 32.3 Å². The fourth-order valence-corrected chi connectivity index (χ4v) is 7.09. The number of anilines is 2. The van der Waals surface area contributed by atoms with E-state index in [2.05, 4.69) is 35.8 Å². The minimum absolute atomic E-state index is 0.0279. The Morgan fingerprint density at radius 2 is 1.59 bits per heavy atom. The number of carbonyl (C=O) groups is 4. The van der Waals surface area contributed by atoms with Crippen molar-refractivity contribution in [1.82, 2.24) is 44.2 Å². The van der Waals surface area contributed by atoms with Gasteiger partial charge in [0.25, 0.3) is 11.8 Å². The molecular formula is C40H43ClF3N11O4. The summed E-state index contributed by atoms with van der Waals surface area (Å²) in [6.45, 7) is 5.68. The lowest BCUT2D eigenvalue weighted by atomic mass is 10.00. The molecule has 2 N–H and O–H groups in total. The minimum atomic E-state index is -1.19. The maximum Gasteiger partial charge on any atom is 0.291 e. The topological polar surface area (TPSA) is 163 Å². The van der Waals surface area contributed by atoms with E-state index in [1.807, 2.05) is 25.9 Å². The van der Waals surface area contributed by atoms with Crippen molar-refractivity contribution in [3.63, 3.8) is 0 Å². The van der Waals surface area contributed by atoms with Crippen LogP contribution in [0.25, 0.3) is 22.4 Å². The zero-order valence-electron chi connectivity index (χ0n) is 33.1. The van der Waals surface area contributed by atoms with Gasteiger partial charge in [-0.05, 0) is 76.8 Å². The second kappa shape index (κ2) is 18.2. The van der Waals surface area contributed by atoms with Crippen LogP contribution < -0.4 is 10.6 Å². The highest BCUT2D eigenvalue weighted by atomic mass is 35.5. The van der Waals surface area contributed by atoms with Crippen molar-refractivity contribution in [2.24, 2.45) is 13.0 Å². The number of benzene rings is 2.